The van der Waals surface area contributed by atoms with E-state index in [0.717, 1.165) is 38.2 Å². The van der Waals surface area contributed by atoms with E-state index in [2.05, 4.69) is 9.88 Å². The molecule has 2 heterocycles. The molecule has 0 atom stereocenters. The van der Waals surface area contributed by atoms with Crippen molar-refractivity contribution in [2.75, 3.05) is 39.4 Å². The Morgan fingerprint density at radius 2 is 1.94 bits per heavy atom. The molecule has 4 rings (SSSR count). The number of halogens is 1. The Kier molecular flexibility index (Phi) is 7.97. The topological polar surface area (TPSA) is 84.7 Å². The Labute approximate surface area is 206 Å². The molecule has 2 aliphatic rings. The molecule has 2 aromatic rings. The Bertz CT molecular complexity index is 1110. The molecule has 0 unspecified atom stereocenters. The number of sulfone groups is 1. The Morgan fingerprint density at radius 3 is 2.59 bits per heavy atom. The van der Waals surface area contributed by atoms with E-state index >= 15 is 0 Å². The largest absolute Gasteiger partial charge is 0.379 e. The van der Waals surface area contributed by atoms with Crippen molar-refractivity contribution >= 4 is 27.3 Å². The lowest BCUT2D eigenvalue weighted by Gasteiger charge is -2.30. The highest BCUT2D eigenvalue weighted by Crippen LogP contribution is 2.32. The van der Waals surface area contributed by atoms with E-state index in [4.69, 9.17) is 16.3 Å². The lowest BCUT2D eigenvalue weighted by Crippen LogP contribution is -2.43. The van der Waals surface area contributed by atoms with Gasteiger partial charge in [-0.2, -0.15) is 0 Å². The van der Waals surface area contributed by atoms with Crippen molar-refractivity contribution in [2.24, 2.45) is 5.92 Å². The number of ether oxygens (including phenoxy) is 1. The fourth-order valence-corrected chi connectivity index (χ4v) is 6.21. The number of hydrogen-bond acceptors (Lipinski definition) is 6. The predicted octanol–water partition coefficient (Wildman–Crippen LogP) is 3.16. The number of hydrogen-bond donors (Lipinski definition) is 0. The van der Waals surface area contributed by atoms with Crippen molar-refractivity contribution in [2.45, 2.75) is 50.2 Å². The maximum atomic E-state index is 13.3. The molecule has 1 saturated heterocycles. The minimum Gasteiger partial charge on any atom is -0.379 e. The maximum absolute atomic E-state index is 13.3. The Hall–Kier alpha value is -1.94. The number of benzene rings is 1. The number of morpholine rings is 1. The first-order valence-corrected chi connectivity index (χ1v) is 13.9. The first kappa shape index (κ1) is 25.2. The second-order valence-corrected chi connectivity index (χ2v) is 11.6. The summed E-state index contributed by atoms with van der Waals surface area (Å²) in [6.45, 7) is 8.72. The summed E-state index contributed by atoms with van der Waals surface area (Å²) in [4.78, 5) is 21.6. The van der Waals surface area contributed by atoms with Crippen LogP contribution in [0.3, 0.4) is 0 Å². The monoisotopic (exact) mass is 508 g/mol. The van der Waals surface area contributed by atoms with E-state index in [1.807, 2.05) is 18.7 Å². The van der Waals surface area contributed by atoms with Gasteiger partial charge in [0.15, 0.2) is 0 Å². The highest BCUT2D eigenvalue weighted by Gasteiger charge is 2.35. The predicted molar refractivity (Wildman–Crippen MR) is 130 cm³/mol. The molecular formula is C24H33ClN4O4S. The number of rotatable bonds is 10. The van der Waals surface area contributed by atoms with Crippen LogP contribution < -0.4 is 0 Å². The minimum absolute atomic E-state index is 0.0180. The van der Waals surface area contributed by atoms with Gasteiger partial charge in [-0.25, -0.2) is 13.4 Å². The zero-order valence-corrected chi connectivity index (χ0v) is 21.4. The molecule has 1 aliphatic carbocycles. The van der Waals surface area contributed by atoms with Gasteiger partial charge in [0.05, 0.1) is 37.4 Å². The standard InChI is InChI=1S/C24H33ClN4O4S/c1-18(2)29-21(15-26-24(29)34(31,32)17-20-5-3-4-6-22(20)25)16-28(23(30)19-7-8-19)10-9-27-11-13-33-14-12-27/h3-6,15,18-19H,7-14,16-17H2,1-2H3. The lowest BCUT2D eigenvalue weighted by molar-refractivity contribution is -0.133. The molecular weight excluding hydrogens is 476 g/mol. The van der Waals surface area contributed by atoms with Crippen molar-refractivity contribution < 1.29 is 17.9 Å². The summed E-state index contributed by atoms with van der Waals surface area (Å²) < 4.78 is 33.8. The third kappa shape index (κ3) is 6.00. The molecule has 1 saturated carbocycles. The van der Waals surface area contributed by atoms with Crippen molar-refractivity contribution in [3.8, 4) is 0 Å². The number of imidazole rings is 1. The molecule has 1 aromatic heterocycles. The van der Waals surface area contributed by atoms with Crippen LogP contribution in [0, 0.1) is 5.92 Å². The quantitative estimate of drug-likeness (QED) is 0.490. The third-order valence-electron chi connectivity index (χ3n) is 6.32. The van der Waals surface area contributed by atoms with E-state index in [1.54, 1.807) is 35.0 Å². The van der Waals surface area contributed by atoms with Crippen molar-refractivity contribution in [3.05, 3.63) is 46.7 Å². The molecule has 8 nitrogen and oxygen atoms in total. The van der Waals surface area contributed by atoms with E-state index in [-0.39, 0.29) is 28.8 Å². The summed E-state index contributed by atoms with van der Waals surface area (Å²) in [7, 11) is -3.74. The zero-order chi connectivity index (χ0) is 24.3. The van der Waals surface area contributed by atoms with Crippen LogP contribution in [-0.4, -0.2) is 73.1 Å². The molecule has 0 spiro atoms. The van der Waals surface area contributed by atoms with E-state index in [9.17, 15) is 13.2 Å². The van der Waals surface area contributed by atoms with Crippen molar-refractivity contribution in [1.29, 1.82) is 0 Å². The highest BCUT2D eigenvalue weighted by atomic mass is 35.5. The van der Waals surface area contributed by atoms with Crippen molar-refractivity contribution in [3.63, 3.8) is 0 Å². The molecule has 0 N–H and O–H groups in total. The van der Waals surface area contributed by atoms with Crippen LogP contribution in [0.2, 0.25) is 5.02 Å². The Morgan fingerprint density at radius 1 is 1.24 bits per heavy atom. The van der Waals surface area contributed by atoms with Gasteiger partial charge in [-0.05, 0) is 38.3 Å². The maximum Gasteiger partial charge on any atom is 0.228 e. The summed E-state index contributed by atoms with van der Waals surface area (Å²) in [6, 6.07) is 6.81. The first-order chi connectivity index (χ1) is 16.3. The Balaban J connectivity index is 1.56. The molecule has 186 valence electrons. The summed E-state index contributed by atoms with van der Waals surface area (Å²) in [5.74, 6) is 0.00574. The van der Waals surface area contributed by atoms with Gasteiger partial charge in [0.2, 0.25) is 20.9 Å². The fraction of sp³-hybridized carbons (Fsp3) is 0.583. The second kappa shape index (κ2) is 10.8. The van der Waals surface area contributed by atoms with E-state index < -0.39 is 9.84 Å². The first-order valence-electron chi connectivity index (χ1n) is 11.9. The highest BCUT2D eigenvalue weighted by molar-refractivity contribution is 7.90. The number of aromatic nitrogens is 2. The van der Waals surface area contributed by atoms with Crippen LogP contribution in [0.5, 0.6) is 0 Å². The SMILES string of the molecule is CC(C)n1c(CN(CCN2CCOCC2)C(=O)C2CC2)cnc1S(=O)(=O)Cc1ccccc1Cl. The van der Waals surface area contributed by atoms with Crippen molar-refractivity contribution in [1.82, 2.24) is 19.4 Å². The number of nitrogens with zero attached hydrogens (tertiary/aromatic N) is 4. The van der Waals surface area contributed by atoms with Crippen LogP contribution in [0.15, 0.2) is 35.6 Å². The molecule has 1 aromatic carbocycles. The molecule has 1 aliphatic heterocycles. The number of carbonyl (C=O) groups excluding carboxylic acids is 1. The zero-order valence-electron chi connectivity index (χ0n) is 19.8. The average Bonchev–Trinajstić information content (AvgIpc) is 3.57. The number of carbonyl (C=O) groups is 1. The van der Waals surface area contributed by atoms with Crippen LogP contribution in [-0.2, 0) is 31.7 Å². The van der Waals surface area contributed by atoms with Crippen LogP contribution >= 0.6 is 11.6 Å². The van der Waals surface area contributed by atoms with Crippen LogP contribution in [0.25, 0.3) is 0 Å². The molecule has 1 amide bonds. The van der Waals surface area contributed by atoms with E-state index in [1.165, 1.54) is 0 Å². The van der Waals surface area contributed by atoms with Gasteiger partial charge >= 0.3 is 0 Å². The molecule has 0 bridgehead atoms. The summed E-state index contributed by atoms with van der Waals surface area (Å²) in [5, 5.41) is 0.433. The third-order valence-corrected chi connectivity index (χ3v) is 8.24. The molecule has 2 fully saturated rings. The van der Waals surface area contributed by atoms with E-state index in [0.29, 0.717) is 36.9 Å². The van der Waals surface area contributed by atoms with Gasteiger partial charge in [0, 0.05) is 43.2 Å². The lowest BCUT2D eigenvalue weighted by atomic mass is 10.2. The molecule has 34 heavy (non-hydrogen) atoms. The van der Waals surface area contributed by atoms with Gasteiger partial charge in [0.1, 0.15) is 0 Å². The smallest absolute Gasteiger partial charge is 0.228 e. The fourth-order valence-electron chi connectivity index (χ4n) is 4.30. The van der Waals surface area contributed by atoms with Gasteiger partial charge in [0.25, 0.3) is 0 Å². The normalized spacial score (nSPS) is 17.3. The van der Waals surface area contributed by atoms with Crippen LogP contribution in [0.1, 0.15) is 44.0 Å². The minimum atomic E-state index is -3.74. The number of amides is 1. The summed E-state index contributed by atoms with van der Waals surface area (Å²) in [5.41, 5.74) is 1.27. The average molecular weight is 509 g/mol. The van der Waals surface area contributed by atoms with Gasteiger partial charge in [-0.1, -0.05) is 29.8 Å². The summed E-state index contributed by atoms with van der Waals surface area (Å²) >= 11 is 6.22. The second-order valence-electron chi connectivity index (χ2n) is 9.33. The van der Waals surface area contributed by atoms with Gasteiger partial charge < -0.3 is 14.2 Å². The molecule has 10 heteroatoms. The molecule has 0 radical (unpaired) electrons. The van der Waals surface area contributed by atoms with Gasteiger partial charge in [-0.15, -0.1) is 0 Å². The summed E-state index contributed by atoms with van der Waals surface area (Å²) in [6.07, 6.45) is 3.45. The van der Waals surface area contributed by atoms with Crippen LogP contribution in [0.4, 0.5) is 0 Å². The van der Waals surface area contributed by atoms with Gasteiger partial charge in [-0.3, -0.25) is 9.69 Å².